The van der Waals surface area contributed by atoms with Gasteiger partial charge in [-0.05, 0) is 12.1 Å². The summed E-state index contributed by atoms with van der Waals surface area (Å²) in [4.78, 5) is 5.94. The first-order valence-electron chi connectivity index (χ1n) is 3.21. The Bertz CT molecular complexity index is 173. The number of hydrogen-bond acceptors (Lipinski definition) is 4. The average Bonchev–Trinajstić information content (AvgIpc) is 2.10. The fourth-order valence-electron chi connectivity index (χ4n) is 0.642. The number of anilines is 1. The predicted octanol–water partition coefficient (Wildman–Crippen LogP) is -0.0336. The van der Waals surface area contributed by atoms with Crippen molar-refractivity contribution in [2.45, 2.75) is 0 Å². The zero-order chi connectivity index (χ0) is 8.69. The summed E-state index contributed by atoms with van der Waals surface area (Å²) in [6.45, 7) is 0. The molecule has 62 valence electrons. The number of nitrogens with zero attached hydrogens (tertiary/aromatic N) is 2. The molecule has 0 saturated carbocycles. The molecule has 0 spiro atoms. The third-order valence-corrected chi connectivity index (χ3v) is 1.18. The summed E-state index contributed by atoms with van der Waals surface area (Å²) in [6.07, 6.45) is 3.57. The number of pyridine rings is 1. The van der Waals surface area contributed by atoms with Gasteiger partial charge in [0.2, 0.25) is 0 Å². The van der Waals surface area contributed by atoms with Gasteiger partial charge in [-0.2, -0.15) is 0 Å². The molecule has 0 aliphatic carbocycles. The molecule has 0 aromatic carbocycles. The second kappa shape index (κ2) is 5.64. The molecule has 0 bridgehead atoms. The van der Waals surface area contributed by atoms with E-state index in [9.17, 15) is 0 Å². The number of hydrogen-bond donors (Lipinski definition) is 2. The van der Waals surface area contributed by atoms with Crippen molar-refractivity contribution >= 4 is 5.69 Å². The number of hydrazine groups is 1. The molecule has 4 nitrogen and oxygen atoms in total. The normalized spacial score (nSPS) is 8.00. The highest BCUT2D eigenvalue weighted by Gasteiger charge is 1.88. The van der Waals surface area contributed by atoms with Crippen molar-refractivity contribution in [3.63, 3.8) is 0 Å². The third kappa shape index (κ3) is 3.54. The van der Waals surface area contributed by atoms with Crippen molar-refractivity contribution in [2.24, 2.45) is 11.7 Å². The van der Waals surface area contributed by atoms with Crippen LogP contribution in [0.5, 0.6) is 0 Å². The van der Waals surface area contributed by atoms with Crippen LogP contribution in [-0.2, 0) is 0 Å². The van der Waals surface area contributed by atoms with Crippen molar-refractivity contribution in [1.29, 1.82) is 0 Å². The van der Waals surface area contributed by atoms with Gasteiger partial charge in [0.15, 0.2) is 0 Å². The van der Waals surface area contributed by atoms with Gasteiger partial charge in [-0.25, -0.2) is 0 Å². The Morgan fingerprint density at radius 1 is 1.18 bits per heavy atom. The topological polar surface area (TPSA) is 68.2 Å². The van der Waals surface area contributed by atoms with Crippen molar-refractivity contribution in [1.82, 2.24) is 4.98 Å². The maximum Gasteiger partial charge on any atom is 0.0391 e. The SMILES string of the molecule is CN(C)c1ccncc1.NN. The maximum absolute atomic E-state index is 4.00. The third-order valence-electron chi connectivity index (χ3n) is 1.18. The minimum Gasteiger partial charge on any atom is -0.378 e. The highest BCUT2D eigenvalue weighted by Crippen LogP contribution is 2.05. The van der Waals surface area contributed by atoms with Crippen LogP contribution < -0.4 is 16.6 Å². The van der Waals surface area contributed by atoms with Crippen LogP contribution in [0.4, 0.5) is 5.69 Å². The highest BCUT2D eigenvalue weighted by atomic mass is 15.1. The smallest absolute Gasteiger partial charge is 0.0391 e. The van der Waals surface area contributed by atoms with Gasteiger partial charge in [0, 0.05) is 32.2 Å². The Morgan fingerprint density at radius 2 is 1.64 bits per heavy atom. The fourth-order valence-corrected chi connectivity index (χ4v) is 0.642. The molecule has 1 aromatic rings. The van der Waals surface area contributed by atoms with Crippen LogP contribution >= 0.6 is 0 Å². The summed E-state index contributed by atoms with van der Waals surface area (Å²) in [7, 11) is 4.02. The maximum atomic E-state index is 4.00. The quantitative estimate of drug-likeness (QED) is 0.440. The fraction of sp³-hybridized carbons (Fsp3) is 0.286. The molecule has 0 amide bonds. The van der Waals surface area contributed by atoms with Gasteiger partial charge in [-0.15, -0.1) is 0 Å². The monoisotopic (exact) mass is 154 g/mol. The van der Waals surface area contributed by atoms with E-state index in [1.165, 1.54) is 5.69 Å². The standard InChI is InChI=1S/C7H10N2.H4N2/c1-9(2)7-3-5-8-6-4-7;1-2/h3-6H,1-2H3;1-2H2. The predicted molar refractivity (Wildman–Crippen MR) is 46.9 cm³/mol. The molecule has 0 atom stereocenters. The Hall–Kier alpha value is -1.13. The summed E-state index contributed by atoms with van der Waals surface area (Å²) < 4.78 is 0. The molecule has 0 aliphatic rings. The van der Waals surface area contributed by atoms with E-state index in [2.05, 4.69) is 16.7 Å². The highest BCUT2D eigenvalue weighted by molar-refractivity contribution is 5.42. The minimum atomic E-state index is 1.19. The van der Waals surface area contributed by atoms with E-state index in [0.29, 0.717) is 0 Å². The van der Waals surface area contributed by atoms with Crippen molar-refractivity contribution in [3.8, 4) is 0 Å². The lowest BCUT2D eigenvalue weighted by molar-refractivity contribution is 1.12. The Labute approximate surface area is 66.8 Å². The Morgan fingerprint density at radius 3 is 1.91 bits per heavy atom. The number of aromatic nitrogens is 1. The molecule has 0 radical (unpaired) electrons. The molecule has 0 aliphatic heterocycles. The first-order valence-corrected chi connectivity index (χ1v) is 3.21. The van der Waals surface area contributed by atoms with E-state index < -0.39 is 0 Å². The van der Waals surface area contributed by atoms with E-state index in [-0.39, 0.29) is 0 Å². The molecule has 4 heteroatoms. The Kier molecular flexibility index (Phi) is 5.06. The molecule has 11 heavy (non-hydrogen) atoms. The second-order valence-corrected chi connectivity index (χ2v) is 2.10. The van der Waals surface area contributed by atoms with Gasteiger partial charge < -0.3 is 4.90 Å². The number of rotatable bonds is 1. The van der Waals surface area contributed by atoms with Crippen molar-refractivity contribution in [2.75, 3.05) is 19.0 Å². The molecular weight excluding hydrogens is 140 g/mol. The van der Waals surface area contributed by atoms with E-state index in [1.54, 1.807) is 12.4 Å². The van der Waals surface area contributed by atoms with E-state index in [0.717, 1.165) is 0 Å². The molecule has 0 unspecified atom stereocenters. The lowest BCUT2D eigenvalue weighted by atomic mass is 10.4. The van der Waals surface area contributed by atoms with Gasteiger partial charge in [0.1, 0.15) is 0 Å². The first-order chi connectivity index (χ1) is 5.30. The summed E-state index contributed by atoms with van der Waals surface area (Å²) >= 11 is 0. The zero-order valence-corrected chi connectivity index (χ0v) is 6.86. The summed E-state index contributed by atoms with van der Waals surface area (Å²) in [5, 5.41) is 0. The summed E-state index contributed by atoms with van der Waals surface area (Å²) in [5.74, 6) is 8.00. The Balaban J connectivity index is 0.000000461. The van der Waals surface area contributed by atoms with Crippen LogP contribution in [0.25, 0.3) is 0 Å². The van der Waals surface area contributed by atoms with E-state index in [4.69, 9.17) is 0 Å². The molecule has 0 saturated heterocycles. The van der Waals surface area contributed by atoms with Crippen molar-refractivity contribution < 1.29 is 0 Å². The first kappa shape index (κ1) is 9.87. The molecule has 4 N–H and O–H groups in total. The van der Waals surface area contributed by atoms with Crippen LogP contribution in [0.2, 0.25) is 0 Å². The average molecular weight is 154 g/mol. The molecule has 1 rings (SSSR count). The summed E-state index contributed by atoms with van der Waals surface area (Å²) in [6, 6.07) is 3.94. The van der Waals surface area contributed by atoms with Gasteiger partial charge in [-0.1, -0.05) is 0 Å². The minimum absolute atomic E-state index is 1.19. The largest absolute Gasteiger partial charge is 0.378 e. The van der Waals surface area contributed by atoms with E-state index in [1.807, 2.05) is 31.1 Å². The van der Waals surface area contributed by atoms with E-state index >= 15 is 0 Å². The van der Waals surface area contributed by atoms with Crippen molar-refractivity contribution in [3.05, 3.63) is 24.5 Å². The lowest BCUT2D eigenvalue weighted by Crippen LogP contribution is -2.07. The summed E-state index contributed by atoms with van der Waals surface area (Å²) in [5.41, 5.74) is 1.19. The zero-order valence-electron chi connectivity index (χ0n) is 6.86. The van der Waals surface area contributed by atoms with Crippen LogP contribution in [0.15, 0.2) is 24.5 Å². The van der Waals surface area contributed by atoms with Gasteiger partial charge in [-0.3, -0.25) is 16.7 Å². The molecular formula is C7H14N4. The molecule has 0 fully saturated rings. The molecule has 1 heterocycles. The lowest BCUT2D eigenvalue weighted by Gasteiger charge is -2.10. The van der Waals surface area contributed by atoms with Gasteiger partial charge in [0.05, 0.1) is 0 Å². The molecule has 1 aromatic heterocycles. The second-order valence-electron chi connectivity index (χ2n) is 2.10. The van der Waals surface area contributed by atoms with Gasteiger partial charge >= 0.3 is 0 Å². The van der Waals surface area contributed by atoms with Crippen LogP contribution in [0, 0.1) is 0 Å². The number of nitrogens with two attached hydrogens (primary N) is 2. The van der Waals surface area contributed by atoms with Crippen LogP contribution in [0.3, 0.4) is 0 Å². The van der Waals surface area contributed by atoms with Crippen LogP contribution in [-0.4, -0.2) is 19.1 Å². The van der Waals surface area contributed by atoms with Crippen LogP contribution in [0.1, 0.15) is 0 Å². The van der Waals surface area contributed by atoms with Gasteiger partial charge in [0.25, 0.3) is 0 Å².